The summed E-state index contributed by atoms with van der Waals surface area (Å²) in [5, 5.41) is 2.87. The molecule has 1 aliphatic rings. The Morgan fingerprint density at radius 2 is 1.75 bits per heavy atom. The van der Waals surface area contributed by atoms with Crippen molar-refractivity contribution in [2.45, 2.75) is 90.8 Å². The monoisotopic (exact) mass is 282 g/mol. The summed E-state index contributed by atoms with van der Waals surface area (Å²) < 4.78 is 0. The predicted molar refractivity (Wildman–Crippen MR) is 81.4 cm³/mol. The highest BCUT2D eigenvalue weighted by atomic mass is 16.2. The van der Waals surface area contributed by atoms with E-state index in [9.17, 15) is 9.59 Å². The van der Waals surface area contributed by atoms with Gasteiger partial charge in [0.05, 0.1) is 0 Å². The average molecular weight is 282 g/mol. The van der Waals surface area contributed by atoms with Gasteiger partial charge < -0.3 is 10.2 Å². The van der Waals surface area contributed by atoms with Gasteiger partial charge in [-0.2, -0.15) is 0 Å². The minimum atomic E-state index is -0.328. The van der Waals surface area contributed by atoms with Gasteiger partial charge in [0.15, 0.2) is 0 Å². The summed E-state index contributed by atoms with van der Waals surface area (Å²) in [5.74, 6) is 0.144. The first-order chi connectivity index (χ1) is 9.60. The van der Waals surface area contributed by atoms with Crippen LogP contribution in [0.1, 0.15) is 72.6 Å². The van der Waals surface area contributed by atoms with Gasteiger partial charge in [-0.3, -0.25) is 9.59 Å². The van der Waals surface area contributed by atoms with Gasteiger partial charge in [-0.25, -0.2) is 0 Å². The molecule has 0 aromatic rings. The van der Waals surface area contributed by atoms with Gasteiger partial charge in [0.2, 0.25) is 11.8 Å². The van der Waals surface area contributed by atoms with Crippen LogP contribution in [0.25, 0.3) is 0 Å². The van der Waals surface area contributed by atoms with E-state index in [4.69, 9.17) is 0 Å². The molecule has 2 amide bonds. The van der Waals surface area contributed by atoms with Crippen LogP contribution < -0.4 is 5.32 Å². The van der Waals surface area contributed by atoms with Crippen molar-refractivity contribution in [3.05, 3.63) is 0 Å². The van der Waals surface area contributed by atoms with Crippen LogP contribution in [0.15, 0.2) is 0 Å². The topological polar surface area (TPSA) is 49.4 Å². The van der Waals surface area contributed by atoms with E-state index >= 15 is 0 Å². The van der Waals surface area contributed by atoms with Crippen molar-refractivity contribution in [2.24, 2.45) is 0 Å². The number of nitrogens with one attached hydrogen (secondary N) is 1. The number of nitrogens with zero attached hydrogens (tertiary/aromatic N) is 1. The van der Waals surface area contributed by atoms with E-state index in [0.29, 0.717) is 12.8 Å². The second kappa shape index (κ2) is 8.28. The zero-order chi connectivity index (χ0) is 15.1. The standard InChI is InChI=1S/C16H30N2O2/c1-5-9-11-12(10-6-2)18-14(8-4)15(19)17-13(7-3)16(18)20/h12-14H,5-11H2,1-4H3,(H,17,19). The molecule has 20 heavy (non-hydrogen) atoms. The molecule has 1 saturated heterocycles. The van der Waals surface area contributed by atoms with Crippen molar-refractivity contribution < 1.29 is 9.59 Å². The summed E-state index contributed by atoms with van der Waals surface area (Å²) in [6.07, 6.45) is 6.66. The van der Waals surface area contributed by atoms with Gasteiger partial charge in [-0.15, -0.1) is 0 Å². The lowest BCUT2D eigenvalue weighted by Gasteiger charge is -2.43. The Morgan fingerprint density at radius 3 is 2.25 bits per heavy atom. The van der Waals surface area contributed by atoms with Crippen LogP contribution >= 0.6 is 0 Å². The smallest absolute Gasteiger partial charge is 0.246 e. The minimum Gasteiger partial charge on any atom is -0.343 e. The van der Waals surface area contributed by atoms with Crippen LogP contribution in [0, 0.1) is 0 Å². The number of hydrogen-bond acceptors (Lipinski definition) is 2. The van der Waals surface area contributed by atoms with Crippen molar-refractivity contribution in [3.63, 3.8) is 0 Å². The first kappa shape index (κ1) is 17.0. The third-order valence-electron chi connectivity index (χ3n) is 4.21. The molecule has 0 spiro atoms. The molecule has 1 fully saturated rings. The molecule has 0 radical (unpaired) electrons. The van der Waals surface area contributed by atoms with Crippen molar-refractivity contribution in [2.75, 3.05) is 0 Å². The molecule has 0 aromatic heterocycles. The quantitative estimate of drug-likeness (QED) is 0.744. The van der Waals surface area contributed by atoms with E-state index in [-0.39, 0.29) is 29.9 Å². The Kier molecular flexibility index (Phi) is 7.03. The molecular weight excluding hydrogens is 252 g/mol. The fraction of sp³-hybridized carbons (Fsp3) is 0.875. The number of amides is 2. The third-order valence-corrected chi connectivity index (χ3v) is 4.21. The van der Waals surface area contributed by atoms with Gasteiger partial charge in [0.25, 0.3) is 0 Å². The van der Waals surface area contributed by atoms with Crippen molar-refractivity contribution >= 4 is 11.8 Å². The van der Waals surface area contributed by atoms with E-state index in [0.717, 1.165) is 32.1 Å². The molecule has 116 valence electrons. The highest BCUT2D eigenvalue weighted by molar-refractivity contribution is 5.97. The number of rotatable bonds is 8. The lowest BCUT2D eigenvalue weighted by atomic mass is 9.95. The maximum absolute atomic E-state index is 12.7. The third kappa shape index (κ3) is 3.74. The zero-order valence-electron chi connectivity index (χ0n) is 13.4. The van der Waals surface area contributed by atoms with Crippen molar-refractivity contribution in [3.8, 4) is 0 Å². The van der Waals surface area contributed by atoms with Gasteiger partial charge in [0, 0.05) is 6.04 Å². The van der Waals surface area contributed by atoms with Crippen LogP contribution in [0.5, 0.6) is 0 Å². The molecule has 4 nitrogen and oxygen atoms in total. The fourth-order valence-electron chi connectivity index (χ4n) is 3.08. The summed E-state index contributed by atoms with van der Waals surface area (Å²) in [5.41, 5.74) is 0. The SMILES string of the molecule is CCCCC(CCC)N1C(=O)C(CC)NC(=O)C1CC. The van der Waals surface area contributed by atoms with Crippen LogP contribution in [0.4, 0.5) is 0 Å². The van der Waals surface area contributed by atoms with Gasteiger partial charge in [0.1, 0.15) is 12.1 Å². The molecule has 1 N–H and O–H groups in total. The van der Waals surface area contributed by atoms with E-state index in [2.05, 4.69) is 19.2 Å². The maximum atomic E-state index is 12.7. The van der Waals surface area contributed by atoms with E-state index in [1.165, 1.54) is 0 Å². The van der Waals surface area contributed by atoms with Crippen LogP contribution in [0.3, 0.4) is 0 Å². The molecule has 3 atom stereocenters. The zero-order valence-corrected chi connectivity index (χ0v) is 13.4. The van der Waals surface area contributed by atoms with E-state index < -0.39 is 0 Å². The Morgan fingerprint density at radius 1 is 1.05 bits per heavy atom. The van der Waals surface area contributed by atoms with Crippen LogP contribution in [-0.2, 0) is 9.59 Å². The molecule has 0 saturated carbocycles. The molecule has 1 aliphatic heterocycles. The Balaban J connectivity index is 2.96. The highest BCUT2D eigenvalue weighted by Gasteiger charge is 2.41. The second-order valence-electron chi connectivity index (χ2n) is 5.72. The Bertz CT molecular complexity index is 330. The summed E-state index contributed by atoms with van der Waals surface area (Å²) >= 11 is 0. The fourth-order valence-corrected chi connectivity index (χ4v) is 3.08. The highest BCUT2D eigenvalue weighted by Crippen LogP contribution is 2.23. The predicted octanol–water partition coefficient (Wildman–Crippen LogP) is 2.86. The number of carbonyl (C=O) groups excluding carboxylic acids is 2. The summed E-state index contributed by atoms with van der Waals surface area (Å²) in [7, 11) is 0. The van der Waals surface area contributed by atoms with Crippen molar-refractivity contribution in [1.29, 1.82) is 0 Å². The molecule has 3 unspecified atom stereocenters. The Hall–Kier alpha value is -1.06. The Labute approximate surface area is 123 Å². The lowest BCUT2D eigenvalue weighted by Crippen LogP contribution is -2.65. The first-order valence-electron chi connectivity index (χ1n) is 8.23. The number of hydrogen-bond donors (Lipinski definition) is 1. The van der Waals surface area contributed by atoms with E-state index in [1.807, 2.05) is 18.7 Å². The molecule has 0 bridgehead atoms. The number of piperazine rings is 1. The van der Waals surface area contributed by atoms with Crippen LogP contribution in [0.2, 0.25) is 0 Å². The summed E-state index contributed by atoms with van der Waals surface area (Å²) in [6.45, 7) is 8.25. The minimum absolute atomic E-state index is 0.0246. The van der Waals surface area contributed by atoms with Gasteiger partial charge >= 0.3 is 0 Å². The lowest BCUT2D eigenvalue weighted by molar-refractivity contribution is -0.152. The first-order valence-corrected chi connectivity index (χ1v) is 8.23. The molecule has 4 heteroatoms. The molecule has 1 heterocycles. The van der Waals surface area contributed by atoms with Crippen LogP contribution in [-0.4, -0.2) is 34.8 Å². The molecule has 0 aliphatic carbocycles. The maximum Gasteiger partial charge on any atom is 0.246 e. The summed E-state index contributed by atoms with van der Waals surface area (Å²) in [4.78, 5) is 26.8. The normalized spacial score (nSPS) is 24.7. The molecule has 0 aromatic carbocycles. The van der Waals surface area contributed by atoms with E-state index in [1.54, 1.807) is 0 Å². The average Bonchev–Trinajstić information content (AvgIpc) is 2.45. The number of unbranched alkanes of at least 4 members (excludes halogenated alkanes) is 1. The van der Waals surface area contributed by atoms with Gasteiger partial charge in [-0.05, 0) is 25.7 Å². The van der Waals surface area contributed by atoms with Crippen molar-refractivity contribution in [1.82, 2.24) is 10.2 Å². The second-order valence-corrected chi connectivity index (χ2v) is 5.72. The summed E-state index contributed by atoms with van der Waals surface area (Å²) in [6, 6.07) is -0.387. The largest absolute Gasteiger partial charge is 0.343 e. The molecular formula is C16H30N2O2. The number of carbonyl (C=O) groups is 2. The van der Waals surface area contributed by atoms with Gasteiger partial charge in [-0.1, -0.05) is 47.0 Å². The molecule has 1 rings (SSSR count).